The molecular weight excluding hydrogens is 316 g/mol. The van der Waals surface area contributed by atoms with Crippen molar-refractivity contribution in [2.45, 2.75) is 39.7 Å². The number of aryl methyl sites for hydroxylation is 1. The molecule has 1 aromatic rings. The van der Waals surface area contributed by atoms with Crippen LogP contribution < -0.4 is 15.5 Å². The molecular formula is C19H30N4O2. The van der Waals surface area contributed by atoms with Gasteiger partial charge in [-0.1, -0.05) is 31.5 Å². The molecule has 0 spiro atoms. The molecule has 2 N–H and O–H groups in total. The van der Waals surface area contributed by atoms with Gasteiger partial charge in [-0.05, 0) is 45.1 Å². The van der Waals surface area contributed by atoms with E-state index in [1.165, 1.54) is 0 Å². The number of hydrogen-bond donors (Lipinski definition) is 2. The van der Waals surface area contributed by atoms with Crippen molar-refractivity contribution in [3.63, 3.8) is 0 Å². The lowest BCUT2D eigenvalue weighted by atomic mass is 10.2. The lowest BCUT2D eigenvalue weighted by Gasteiger charge is -2.19. The van der Waals surface area contributed by atoms with Crippen LogP contribution in [0.5, 0.6) is 0 Å². The van der Waals surface area contributed by atoms with E-state index in [2.05, 4.69) is 29.4 Å². The molecule has 1 heterocycles. The molecule has 3 amide bonds. The second kappa shape index (κ2) is 9.42. The Bertz CT molecular complexity index is 569. The lowest BCUT2D eigenvalue weighted by Crippen LogP contribution is -2.44. The number of hydrogen-bond acceptors (Lipinski definition) is 3. The minimum Gasteiger partial charge on any atom is -0.338 e. The highest BCUT2D eigenvalue weighted by Gasteiger charge is 2.31. The molecule has 1 fully saturated rings. The van der Waals surface area contributed by atoms with E-state index in [1.54, 1.807) is 4.90 Å². The molecule has 2 rings (SSSR count). The van der Waals surface area contributed by atoms with Crippen LogP contribution in [0.15, 0.2) is 24.3 Å². The van der Waals surface area contributed by atoms with Crippen molar-refractivity contribution in [1.29, 1.82) is 0 Å². The van der Waals surface area contributed by atoms with Gasteiger partial charge in [-0.3, -0.25) is 4.79 Å². The summed E-state index contributed by atoms with van der Waals surface area (Å²) in [6, 6.07) is 7.55. The molecule has 1 atom stereocenters. The average molecular weight is 346 g/mol. The highest BCUT2D eigenvalue weighted by Crippen LogP contribution is 2.21. The van der Waals surface area contributed by atoms with Gasteiger partial charge in [0.25, 0.3) is 0 Å². The van der Waals surface area contributed by atoms with Crippen molar-refractivity contribution in [3.05, 3.63) is 29.8 Å². The van der Waals surface area contributed by atoms with Crippen LogP contribution >= 0.6 is 0 Å². The molecule has 1 aliphatic rings. The lowest BCUT2D eigenvalue weighted by molar-refractivity contribution is -0.117. The third kappa shape index (κ3) is 5.74. The number of urea groups is 1. The second-order valence-corrected chi connectivity index (χ2v) is 6.52. The Labute approximate surface area is 150 Å². The third-order valence-corrected chi connectivity index (χ3v) is 4.64. The fourth-order valence-corrected chi connectivity index (χ4v) is 3.06. The van der Waals surface area contributed by atoms with Crippen LogP contribution in [0.2, 0.25) is 0 Å². The molecule has 0 aromatic heterocycles. The molecule has 25 heavy (non-hydrogen) atoms. The van der Waals surface area contributed by atoms with Gasteiger partial charge >= 0.3 is 6.03 Å². The van der Waals surface area contributed by atoms with Crippen LogP contribution in [0, 0.1) is 6.92 Å². The standard InChI is InChI=1S/C19H30N4O2/c1-4-22(5-2)12-6-11-20-19(25)21-16-13-18(24)23(14-16)17-9-7-15(3)8-10-17/h7-10,16H,4-6,11-14H2,1-3H3,(H2,20,21,25). The molecule has 1 aromatic carbocycles. The third-order valence-electron chi connectivity index (χ3n) is 4.64. The van der Waals surface area contributed by atoms with E-state index in [4.69, 9.17) is 0 Å². The van der Waals surface area contributed by atoms with Crippen LogP contribution in [0.25, 0.3) is 0 Å². The van der Waals surface area contributed by atoms with Crippen molar-refractivity contribution in [1.82, 2.24) is 15.5 Å². The van der Waals surface area contributed by atoms with Gasteiger partial charge < -0.3 is 20.4 Å². The van der Waals surface area contributed by atoms with Gasteiger partial charge in [-0.2, -0.15) is 0 Å². The maximum atomic E-state index is 12.2. The van der Waals surface area contributed by atoms with Crippen LogP contribution in [-0.2, 0) is 4.79 Å². The summed E-state index contributed by atoms with van der Waals surface area (Å²) in [5.74, 6) is 0.0516. The molecule has 6 nitrogen and oxygen atoms in total. The van der Waals surface area contributed by atoms with Gasteiger partial charge in [0.1, 0.15) is 0 Å². The summed E-state index contributed by atoms with van der Waals surface area (Å²) in [6.45, 7) is 10.5. The van der Waals surface area contributed by atoms with E-state index in [0.29, 0.717) is 19.5 Å². The molecule has 0 saturated carbocycles. The van der Waals surface area contributed by atoms with Crippen molar-refractivity contribution in [3.8, 4) is 0 Å². The van der Waals surface area contributed by atoms with Crippen LogP contribution in [0.3, 0.4) is 0 Å². The smallest absolute Gasteiger partial charge is 0.315 e. The highest BCUT2D eigenvalue weighted by atomic mass is 16.2. The summed E-state index contributed by atoms with van der Waals surface area (Å²) >= 11 is 0. The fraction of sp³-hybridized carbons (Fsp3) is 0.579. The molecule has 6 heteroatoms. The van der Waals surface area contributed by atoms with Gasteiger partial charge in [0, 0.05) is 25.2 Å². The second-order valence-electron chi connectivity index (χ2n) is 6.52. The Morgan fingerprint density at radius 2 is 1.92 bits per heavy atom. The number of nitrogens with one attached hydrogen (secondary N) is 2. The molecule has 0 bridgehead atoms. The van der Waals surface area contributed by atoms with E-state index in [0.717, 1.165) is 37.3 Å². The number of amides is 3. The van der Waals surface area contributed by atoms with Crippen LogP contribution in [0.1, 0.15) is 32.3 Å². The van der Waals surface area contributed by atoms with Gasteiger partial charge in [0.05, 0.1) is 6.04 Å². The predicted molar refractivity (Wildman–Crippen MR) is 101 cm³/mol. The van der Waals surface area contributed by atoms with E-state index in [1.807, 2.05) is 31.2 Å². The van der Waals surface area contributed by atoms with E-state index in [9.17, 15) is 9.59 Å². The maximum absolute atomic E-state index is 12.2. The Morgan fingerprint density at radius 1 is 1.24 bits per heavy atom. The van der Waals surface area contributed by atoms with Crippen molar-refractivity contribution < 1.29 is 9.59 Å². The minimum atomic E-state index is -0.192. The van der Waals surface area contributed by atoms with Crippen molar-refractivity contribution in [2.24, 2.45) is 0 Å². The number of carbonyl (C=O) groups is 2. The van der Waals surface area contributed by atoms with Crippen molar-refractivity contribution in [2.75, 3.05) is 37.6 Å². The first kappa shape index (κ1) is 19.2. The van der Waals surface area contributed by atoms with Crippen LogP contribution in [-0.4, -0.2) is 55.6 Å². The van der Waals surface area contributed by atoms with Gasteiger partial charge in [0.2, 0.25) is 5.91 Å². The molecule has 1 unspecified atom stereocenters. The first-order valence-electron chi connectivity index (χ1n) is 9.17. The predicted octanol–water partition coefficient (Wildman–Crippen LogP) is 2.13. The molecule has 138 valence electrons. The summed E-state index contributed by atoms with van der Waals surface area (Å²) in [6.07, 6.45) is 1.27. The largest absolute Gasteiger partial charge is 0.338 e. The fourth-order valence-electron chi connectivity index (χ4n) is 3.06. The summed E-state index contributed by atoms with van der Waals surface area (Å²) in [7, 11) is 0. The SMILES string of the molecule is CCN(CC)CCCNC(=O)NC1CC(=O)N(c2ccc(C)cc2)C1. The normalized spacial score (nSPS) is 17.2. The maximum Gasteiger partial charge on any atom is 0.315 e. The van der Waals surface area contributed by atoms with E-state index >= 15 is 0 Å². The summed E-state index contributed by atoms with van der Waals surface area (Å²) in [5, 5.41) is 5.79. The monoisotopic (exact) mass is 346 g/mol. The number of anilines is 1. The molecule has 1 saturated heterocycles. The van der Waals surface area contributed by atoms with Gasteiger partial charge in [-0.25, -0.2) is 4.79 Å². The summed E-state index contributed by atoms with van der Waals surface area (Å²) in [5.41, 5.74) is 2.05. The zero-order valence-corrected chi connectivity index (χ0v) is 15.5. The van der Waals surface area contributed by atoms with Crippen molar-refractivity contribution >= 4 is 17.6 Å². The zero-order chi connectivity index (χ0) is 18.2. The average Bonchev–Trinajstić information content (AvgIpc) is 2.96. The van der Waals surface area contributed by atoms with Gasteiger partial charge in [0.15, 0.2) is 0 Å². The first-order chi connectivity index (χ1) is 12.0. The van der Waals surface area contributed by atoms with Crippen LogP contribution in [0.4, 0.5) is 10.5 Å². The minimum absolute atomic E-state index is 0.0516. The number of carbonyl (C=O) groups excluding carboxylic acids is 2. The number of rotatable bonds is 8. The number of nitrogens with zero attached hydrogens (tertiary/aromatic N) is 2. The topological polar surface area (TPSA) is 64.7 Å². The highest BCUT2D eigenvalue weighted by molar-refractivity contribution is 5.96. The molecule has 0 radical (unpaired) electrons. The number of benzene rings is 1. The van der Waals surface area contributed by atoms with Gasteiger partial charge in [-0.15, -0.1) is 0 Å². The summed E-state index contributed by atoms with van der Waals surface area (Å²) in [4.78, 5) is 28.3. The van der Waals surface area contributed by atoms with E-state index in [-0.39, 0.29) is 18.0 Å². The zero-order valence-electron chi connectivity index (χ0n) is 15.5. The Kier molecular flexibility index (Phi) is 7.25. The van der Waals surface area contributed by atoms with E-state index < -0.39 is 0 Å². The molecule has 1 aliphatic heterocycles. The Balaban J connectivity index is 1.73. The summed E-state index contributed by atoms with van der Waals surface area (Å²) < 4.78 is 0. The quantitative estimate of drug-likeness (QED) is 0.709. The Morgan fingerprint density at radius 3 is 2.56 bits per heavy atom. The molecule has 0 aliphatic carbocycles. The first-order valence-corrected chi connectivity index (χ1v) is 9.17. The Hall–Kier alpha value is -2.08.